The Bertz CT molecular complexity index is 517. The molecule has 1 aromatic rings. The van der Waals surface area contributed by atoms with Gasteiger partial charge < -0.3 is 9.88 Å². The minimum Gasteiger partial charge on any atom is -0.324 e. The average Bonchev–Trinajstić information content (AvgIpc) is 2.60. The van der Waals surface area contributed by atoms with Crippen molar-refractivity contribution in [3.05, 3.63) is 11.5 Å². The largest absolute Gasteiger partial charge is 0.324 e. The first-order valence-corrected chi connectivity index (χ1v) is 7.15. The number of nitrogens with one attached hydrogen (secondary N) is 1. The van der Waals surface area contributed by atoms with Gasteiger partial charge in [0.25, 0.3) is 10.0 Å². The van der Waals surface area contributed by atoms with E-state index in [1.807, 2.05) is 6.92 Å². The lowest BCUT2D eigenvalue weighted by atomic mass is 10.3. The van der Waals surface area contributed by atoms with Crippen LogP contribution in [0.15, 0.2) is 11.4 Å². The van der Waals surface area contributed by atoms with Crippen molar-refractivity contribution in [2.45, 2.75) is 18.0 Å². The Kier molecular flexibility index (Phi) is 5.02. The number of aryl methyl sites for hydroxylation is 1. The molecule has 0 bridgehead atoms. The minimum atomic E-state index is -3.59. The van der Waals surface area contributed by atoms with Gasteiger partial charge in [-0.3, -0.25) is 0 Å². The molecular weight excluding hydrogens is 299 g/mol. The van der Waals surface area contributed by atoms with E-state index in [4.69, 9.17) is 11.6 Å². The summed E-state index contributed by atoms with van der Waals surface area (Å²) in [7, 11) is -1.93. The summed E-state index contributed by atoms with van der Waals surface area (Å²) in [5.74, 6) is 0. The van der Waals surface area contributed by atoms with Crippen LogP contribution in [0.5, 0.6) is 0 Å². The van der Waals surface area contributed by atoms with Gasteiger partial charge >= 0.3 is 0 Å². The van der Waals surface area contributed by atoms with E-state index >= 15 is 0 Å². The first-order valence-electron chi connectivity index (χ1n) is 5.34. The topological polar surface area (TPSA) is 67.2 Å². The van der Waals surface area contributed by atoms with Crippen molar-refractivity contribution in [2.24, 2.45) is 7.05 Å². The van der Waals surface area contributed by atoms with Gasteiger partial charge in [-0.05, 0) is 6.92 Å². The molecule has 1 unspecified atom stereocenters. The van der Waals surface area contributed by atoms with Gasteiger partial charge in [-0.25, -0.2) is 13.4 Å². The standard InChI is InChI=1S/C9H15ClN4O2S.ClH/c1-7-5-11-3-4-14(7)17(15,16)9-8(10)13(2)6-12-9;/h6-7,11H,3-5H2,1-2H3;1H. The maximum Gasteiger partial charge on any atom is 0.264 e. The van der Waals surface area contributed by atoms with Crippen LogP contribution in [-0.2, 0) is 17.1 Å². The van der Waals surface area contributed by atoms with Crippen molar-refractivity contribution in [3.8, 4) is 0 Å². The fraction of sp³-hybridized carbons (Fsp3) is 0.667. The van der Waals surface area contributed by atoms with E-state index in [1.165, 1.54) is 15.2 Å². The van der Waals surface area contributed by atoms with E-state index in [1.54, 1.807) is 7.05 Å². The van der Waals surface area contributed by atoms with Gasteiger partial charge in [0.05, 0.1) is 6.33 Å². The highest BCUT2D eigenvalue weighted by molar-refractivity contribution is 7.89. The molecule has 0 aromatic carbocycles. The second-order valence-electron chi connectivity index (χ2n) is 4.12. The Hall–Kier alpha value is -0.340. The molecule has 1 saturated heterocycles. The van der Waals surface area contributed by atoms with E-state index in [0.29, 0.717) is 19.6 Å². The summed E-state index contributed by atoms with van der Waals surface area (Å²) < 4.78 is 27.7. The van der Waals surface area contributed by atoms with Crippen molar-refractivity contribution in [3.63, 3.8) is 0 Å². The molecule has 1 N–H and O–H groups in total. The summed E-state index contributed by atoms with van der Waals surface area (Å²) in [6, 6.07) is -0.0909. The van der Waals surface area contributed by atoms with Crippen LogP contribution in [0.25, 0.3) is 0 Å². The first kappa shape index (κ1) is 15.7. The van der Waals surface area contributed by atoms with E-state index in [-0.39, 0.29) is 28.6 Å². The van der Waals surface area contributed by atoms with E-state index in [0.717, 1.165) is 0 Å². The second-order valence-corrected chi connectivity index (χ2v) is 6.28. The summed E-state index contributed by atoms with van der Waals surface area (Å²) >= 11 is 5.94. The highest BCUT2D eigenvalue weighted by Gasteiger charge is 2.34. The number of rotatable bonds is 2. The molecule has 1 atom stereocenters. The lowest BCUT2D eigenvalue weighted by molar-refractivity contribution is 0.283. The second kappa shape index (κ2) is 5.75. The summed E-state index contributed by atoms with van der Waals surface area (Å²) in [6.45, 7) is 3.59. The maximum absolute atomic E-state index is 12.4. The maximum atomic E-state index is 12.4. The van der Waals surface area contributed by atoms with Gasteiger partial charge in [-0.15, -0.1) is 12.4 Å². The Morgan fingerprint density at radius 2 is 2.22 bits per heavy atom. The van der Waals surface area contributed by atoms with Crippen LogP contribution in [0.3, 0.4) is 0 Å². The Labute approximate surface area is 118 Å². The Morgan fingerprint density at radius 3 is 2.72 bits per heavy atom. The molecule has 2 heterocycles. The normalized spacial score (nSPS) is 21.6. The van der Waals surface area contributed by atoms with Gasteiger partial charge in [-0.1, -0.05) is 11.6 Å². The fourth-order valence-electron chi connectivity index (χ4n) is 1.86. The zero-order chi connectivity index (χ0) is 12.6. The highest BCUT2D eigenvalue weighted by atomic mass is 35.5. The molecule has 0 aliphatic carbocycles. The van der Waals surface area contributed by atoms with Crippen LogP contribution in [-0.4, -0.2) is 48.0 Å². The van der Waals surface area contributed by atoms with Crippen LogP contribution in [0.4, 0.5) is 0 Å². The van der Waals surface area contributed by atoms with Gasteiger partial charge in [-0.2, -0.15) is 4.31 Å². The lowest BCUT2D eigenvalue weighted by Crippen LogP contribution is -2.52. The van der Waals surface area contributed by atoms with E-state index < -0.39 is 10.0 Å². The van der Waals surface area contributed by atoms with Crippen molar-refractivity contribution in [1.29, 1.82) is 0 Å². The number of hydrogen-bond acceptors (Lipinski definition) is 4. The molecule has 1 aliphatic heterocycles. The van der Waals surface area contributed by atoms with E-state index in [2.05, 4.69) is 10.3 Å². The summed E-state index contributed by atoms with van der Waals surface area (Å²) in [4.78, 5) is 3.88. The van der Waals surface area contributed by atoms with Crippen molar-refractivity contribution in [2.75, 3.05) is 19.6 Å². The zero-order valence-electron chi connectivity index (χ0n) is 10.1. The van der Waals surface area contributed by atoms with Crippen molar-refractivity contribution < 1.29 is 8.42 Å². The predicted molar refractivity (Wildman–Crippen MR) is 71.7 cm³/mol. The number of hydrogen-bond donors (Lipinski definition) is 1. The molecular formula is C9H16Cl2N4O2S. The smallest absolute Gasteiger partial charge is 0.264 e. The van der Waals surface area contributed by atoms with E-state index in [9.17, 15) is 8.42 Å². The average molecular weight is 315 g/mol. The Balaban J connectivity index is 0.00000162. The summed E-state index contributed by atoms with van der Waals surface area (Å²) in [5, 5.41) is 3.23. The number of aromatic nitrogens is 2. The molecule has 18 heavy (non-hydrogen) atoms. The number of imidazole rings is 1. The fourth-order valence-corrected chi connectivity index (χ4v) is 3.88. The molecule has 0 saturated carbocycles. The number of sulfonamides is 1. The molecule has 0 amide bonds. The van der Waals surface area contributed by atoms with Crippen LogP contribution < -0.4 is 5.32 Å². The van der Waals surface area contributed by atoms with Crippen LogP contribution in [0.2, 0.25) is 5.15 Å². The van der Waals surface area contributed by atoms with Crippen LogP contribution >= 0.6 is 24.0 Å². The monoisotopic (exact) mass is 314 g/mol. The number of nitrogens with zero attached hydrogens (tertiary/aromatic N) is 3. The van der Waals surface area contributed by atoms with Crippen molar-refractivity contribution >= 4 is 34.0 Å². The number of halogens is 2. The minimum absolute atomic E-state index is 0. The molecule has 6 nitrogen and oxygen atoms in total. The lowest BCUT2D eigenvalue weighted by Gasteiger charge is -2.32. The zero-order valence-corrected chi connectivity index (χ0v) is 12.5. The molecule has 104 valence electrons. The highest BCUT2D eigenvalue weighted by Crippen LogP contribution is 2.24. The third-order valence-electron chi connectivity index (χ3n) is 2.83. The molecule has 1 aromatic heterocycles. The quantitative estimate of drug-likeness (QED) is 0.862. The van der Waals surface area contributed by atoms with Crippen LogP contribution in [0.1, 0.15) is 6.92 Å². The van der Waals surface area contributed by atoms with Crippen molar-refractivity contribution in [1.82, 2.24) is 19.2 Å². The van der Waals surface area contributed by atoms with Gasteiger partial charge in [0.15, 0.2) is 0 Å². The van der Waals surface area contributed by atoms with Gasteiger partial charge in [0.2, 0.25) is 5.03 Å². The molecule has 9 heteroatoms. The summed E-state index contributed by atoms with van der Waals surface area (Å²) in [5.41, 5.74) is 0. The molecule has 1 fully saturated rings. The predicted octanol–water partition coefficient (Wildman–Crippen LogP) is 0.478. The van der Waals surface area contributed by atoms with Gasteiger partial charge in [0.1, 0.15) is 5.15 Å². The first-order chi connectivity index (χ1) is 7.94. The molecule has 1 aliphatic rings. The summed E-state index contributed by atoms with van der Waals surface area (Å²) in [6.07, 6.45) is 1.40. The molecule has 0 radical (unpaired) electrons. The van der Waals surface area contributed by atoms with Crippen LogP contribution in [0, 0.1) is 0 Å². The third-order valence-corrected chi connectivity index (χ3v) is 5.33. The molecule has 0 spiro atoms. The SMILES string of the molecule is CC1CNCCN1S(=O)(=O)c1ncn(C)c1Cl.Cl. The number of piperazine rings is 1. The Morgan fingerprint density at radius 1 is 1.56 bits per heavy atom. The molecule has 2 rings (SSSR count). The third kappa shape index (κ3) is 2.65. The van der Waals surface area contributed by atoms with Gasteiger partial charge in [0, 0.05) is 32.7 Å².